The second-order valence-corrected chi connectivity index (χ2v) is 5.29. The molecule has 0 bridgehead atoms. The molecular formula is C15H18FN3S. The van der Waals surface area contributed by atoms with Gasteiger partial charge in [0.25, 0.3) is 0 Å². The Labute approximate surface area is 122 Å². The minimum atomic E-state index is -0.222. The van der Waals surface area contributed by atoms with Crippen LogP contribution in [0.2, 0.25) is 0 Å². The molecule has 0 aliphatic carbocycles. The third-order valence-corrected chi connectivity index (χ3v) is 3.56. The maximum absolute atomic E-state index is 12.8. The summed E-state index contributed by atoms with van der Waals surface area (Å²) in [6, 6.07) is 10.5. The molecule has 20 heavy (non-hydrogen) atoms. The monoisotopic (exact) mass is 291 g/mol. The molecule has 0 aliphatic heterocycles. The van der Waals surface area contributed by atoms with Gasteiger partial charge in [0.1, 0.15) is 5.82 Å². The Kier molecular flexibility index (Phi) is 5.55. The van der Waals surface area contributed by atoms with Gasteiger partial charge in [-0.1, -0.05) is 18.2 Å². The van der Waals surface area contributed by atoms with E-state index in [1.165, 1.54) is 17.0 Å². The zero-order valence-corrected chi connectivity index (χ0v) is 12.2. The lowest BCUT2D eigenvalue weighted by Crippen LogP contribution is -2.36. The van der Waals surface area contributed by atoms with Crippen LogP contribution in [0.1, 0.15) is 17.4 Å². The van der Waals surface area contributed by atoms with Gasteiger partial charge in [-0.15, -0.1) is 11.3 Å². The second kappa shape index (κ2) is 7.65. The maximum atomic E-state index is 12.8. The lowest BCUT2D eigenvalue weighted by Gasteiger charge is -2.10. The van der Waals surface area contributed by atoms with Crippen molar-refractivity contribution in [2.24, 2.45) is 4.99 Å². The van der Waals surface area contributed by atoms with Gasteiger partial charge in [0.2, 0.25) is 0 Å². The third kappa shape index (κ3) is 4.66. The first-order valence-electron chi connectivity index (χ1n) is 6.57. The zero-order valence-electron chi connectivity index (χ0n) is 11.4. The molecule has 1 aromatic carbocycles. The summed E-state index contributed by atoms with van der Waals surface area (Å²) in [5.74, 6) is 0.547. The van der Waals surface area contributed by atoms with E-state index >= 15 is 0 Å². The van der Waals surface area contributed by atoms with Crippen LogP contribution >= 0.6 is 11.3 Å². The number of nitrogens with one attached hydrogen (secondary N) is 2. The highest BCUT2D eigenvalue weighted by molar-refractivity contribution is 7.09. The lowest BCUT2D eigenvalue weighted by atomic mass is 10.2. The predicted molar refractivity (Wildman–Crippen MR) is 82.4 cm³/mol. The van der Waals surface area contributed by atoms with Gasteiger partial charge in [-0.2, -0.15) is 0 Å². The molecule has 0 saturated carbocycles. The fraction of sp³-hybridized carbons (Fsp3) is 0.267. The number of guanidine groups is 1. The fourth-order valence-corrected chi connectivity index (χ4v) is 2.33. The van der Waals surface area contributed by atoms with Gasteiger partial charge in [0.05, 0.1) is 13.1 Å². The van der Waals surface area contributed by atoms with Crippen LogP contribution in [0.15, 0.2) is 46.8 Å². The van der Waals surface area contributed by atoms with Crippen molar-refractivity contribution in [2.75, 3.05) is 6.54 Å². The van der Waals surface area contributed by atoms with E-state index < -0.39 is 0 Å². The molecule has 106 valence electrons. The first kappa shape index (κ1) is 14.5. The van der Waals surface area contributed by atoms with Crippen LogP contribution in [0.3, 0.4) is 0 Å². The largest absolute Gasteiger partial charge is 0.357 e. The molecule has 2 N–H and O–H groups in total. The molecule has 0 fully saturated rings. The minimum absolute atomic E-state index is 0.222. The van der Waals surface area contributed by atoms with Crippen LogP contribution in [0, 0.1) is 5.82 Å². The number of rotatable bonds is 5. The van der Waals surface area contributed by atoms with Crippen LogP contribution in [-0.2, 0) is 13.1 Å². The summed E-state index contributed by atoms with van der Waals surface area (Å²) in [7, 11) is 0. The summed E-state index contributed by atoms with van der Waals surface area (Å²) in [6.07, 6.45) is 0. The number of nitrogens with zero attached hydrogens (tertiary/aromatic N) is 1. The molecule has 0 saturated heterocycles. The summed E-state index contributed by atoms with van der Waals surface area (Å²) < 4.78 is 12.8. The summed E-state index contributed by atoms with van der Waals surface area (Å²) in [4.78, 5) is 5.75. The van der Waals surface area contributed by atoms with Crippen molar-refractivity contribution >= 4 is 17.3 Å². The van der Waals surface area contributed by atoms with Crippen LogP contribution < -0.4 is 10.6 Å². The van der Waals surface area contributed by atoms with Gasteiger partial charge in [-0.05, 0) is 36.1 Å². The van der Waals surface area contributed by atoms with Gasteiger partial charge < -0.3 is 10.6 Å². The SMILES string of the molecule is CCNC(=NCc1ccc(F)cc1)NCc1cccs1. The molecular weight excluding hydrogens is 273 g/mol. The van der Waals surface area contributed by atoms with Crippen LogP contribution in [0.25, 0.3) is 0 Å². The van der Waals surface area contributed by atoms with Gasteiger partial charge in [-0.25, -0.2) is 9.38 Å². The molecule has 0 radical (unpaired) electrons. The summed E-state index contributed by atoms with van der Waals surface area (Å²) in [6.45, 7) is 4.12. The number of hydrogen-bond acceptors (Lipinski definition) is 2. The van der Waals surface area contributed by atoms with Gasteiger partial charge in [0, 0.05) is 11.4 Å². The quantitative estimate of drug-likeness (QED) is 0.656. The minimum Gasteiger partial charge on any atom is -0.357 e. The van der Waals surface area contributed by atoms with Gasteiger partial charge >= 0.3 is 0 Å². The van der Waals surface area contributed by atoms with E-state index in [1.807, 2.05) is 13.0 Å². The van der Waals surface area contributed by atoms with E-state index in [1.54, 1.807) is 23.5 Å². The Bertz CT molecular complexity index is 535. The molecule has 0 amide bonds. The predicted octanol–water partition coefficient (Wildman–Crippen LogP) is 3.14. The van der Waals surface area contributed by atoms with Crippen molar-refractivity contribution in [1.82, 2.24) is 10.6 Å². The Hall–Kier alpha value is -1.88. The van der Waals surface area contributed by atoms with E-state index in [4.69, 9.17) is 0 Å². The lowest BCUT2D eigenvalue weighted by molar-refractivity contribution is 0.627. The normalized spacial score (nSPS) is 11.4. The van der Waals surface area contributed by atoms with E-state index in [0.29, 0.717) is 6.54 Å². The van der Waals surface area contributed by atoms with Crippen LogP contribution in [-0.4, -0.2) is 12.5 Å². The number of thiophene rings is 1. The average Bonchev–Trinajstić information content (AvgIpc) is 2.97. The Morgan fingerprint density at radius 3 is 2.65 bits per heavy atom. The van der Waals surface area contributed by atoms with Crippen molar-refractivity contribution in [3.05, 3.63) is 58.0 Å². The number of aliphatic imine (C=N–C) groups is 1. The van der Waals surface area contributed by atoms with Crippen molar-refractivity contribution in [3.63, 3.8) is 0 Å². The van der Waals surface area contributed by atoms with E-state index in [9.17, 15) is 4.39 Å². The summed E-state index contributed by atoms with van der Waals surface area (Å²) in [5.41, 5.74) is 0.986. The van der Waals surface area contributed by atoms with Crippen molar-refractivity contribution < 1.29 is 4.39 Å². The van der Waals surface area contributed by atoms with Crippen LogP contribution in [0.5, 0.6) is 0 Å². The molecule has 1 heterocycles. The Morgan fingerprint density at radius 2 is 2.00 bits per heavy atom. The van der Waals surface area contributed by atoms with E-state index in [-0.39, 0.29) is 5.82 Å². The Morgan fingerprint density at radius 1 is 1.20 bits per heavy atom. The van der Waals surface area contributed by atoms with Crippen molar-refractivity contribution in [1.29, 1.82) is 0 Å². The fourth-order valence-electron chi connectivity index (χ4n) is 1.69. The standard InChI is InChI=1S/C15H18FN3S/c1-2-17-15(19-11-14-4-3-9-20-14)18-10-12-5-7-13(16)8-6-12/h3-9H,2,10-11H2,1H3,(H2,17,18,19). The number of hydrogen-bond donors (Lipinski definition) is 2. The molecule has 5 heteroatoms. The molecule has 0 atom stereocenters. The van der Waals surface area contributed by atoms with Gasteiger partial charge in [0.15, 0.2) is 5.96 Å². The highest BCUT2D eigenvalue weighted by atomic mass is 32.1. The number of benzene rings is 1. The van der Waals surface area contributed by atoms with E-state index in [0.717, 1.165) is 24.6 Å². The zero-order chi connectivity index (χ0) is 14.2. The van der Waals surface area contributed by atoms with Crippen LogP contribution in [0.4, 0.5) is 4.39 Å². The molecule has 3 nitrogen and oxygen atoms in total. The molecule has 2 rings (SSSR count). The highest BCUT2D eigenvalue weighted by Gasteiger charge is 1.99. The average molecular weight is 291 g/mol. The molecule has 0 spiro atoms. The summed E-state index contributed by atoms with van der Waals surface area (Å²) in [5, 5.41) is 8.53. The van der Waals surface area contributed by atoms with Gasteiger partial charge in [-0.3, -0.25) is 0 Å². The third-order valence-electron chi connectivity index (χ3n) is 2.69. The smallest absolute Gasteiger partial charge is 0.191 e. The first-order valence-corrected chi connectivity index (χ1v) is 7.45. The number of halogens is 1. The maximum Gasteiger partial charge on any atom is 0.191 e. The molecule has 0 aliphatic rings. The van der Waals surface area contributed by atoms with Crippen molar-refractivity contribution in [3.8, 4) is 0 Å². The summed E-state index contributed by atoms with van der Waals surface area (Å²) >= 11 is 1.71. The van der Waals surface area contributed by atoms with E-state index in [2.05, 4.69) is 27.1 Å². The molecule has 2 aromatic rings. The molecule has 0 unspecified atom stereocenters. The first-order chi connectivity index (χ1) is 9.78. The topological polar surface area (TPSA) is 36.4 Å². The van der Waals surface area contributed by atoms with Crippen molar-refractivity contribution in [2.45, 2.75) is 20.0 Å². The second-order valence-electron chi connectivity index (χ2n) is 4.25. The highest BCUT2D eigenvalue weighted by Crippen LogP contribution is 2.07. The molecule has 1 aromatic heterocycles. The Balaban J connectivity index is 1.92.